The third kappa shape index (κ3) is 3.21. The first-order valence-electron chi connectivity index (χ1n) is 6.64. The molecule has 0 amide bonds. The summed E-state index contributed by atoms with van der Waals surface area (Å²) in [6.07, 6.45) is 0.430. The van der Waals surface area contributed by atoms with Gasteiger partial charge in [0.25, 0.3) is 0 Å². The van der Waals surface area contributed by atoms with E-state index >= 15 is 0 Å². The lowest BCUT2D eigenvalue weighted by molar-refractivity contribution is 0.112. The topological polar surface area (TPSA) is 20.2 Å². The molecule has 1 N–H and O–H groups in total. The molecule has 1 heterocycles. The standard InChI is InChI=1S/C16H21BrOS/c1-10(16(2,3)4)8-14(18)12-9-19-15-11(12)6-5-7-13(15)17/h5-7,9-10,14,18H,8H2,1-4H3. The van der Waals surface area contributed by atoms with Crippen molar-refractivity contribution in [1.29, 1.82) is 0 Å². The van der Waals surface area contributed by atoms with Gasteiger partial charge < -0.3 is 5.11 Å². The Balaban J connectivity index is 2.27. The minimum atomic E-state index is -0.378. The van der Waals surface area contributed by atoms with Crippen LogP contribution in [0.3, 0.4) is 0 Å². The lowest BCUT2D eigenvalue weighted by Gasteiger charge is -2.29. The van der Waals surface area contributed by atoms with Crippen molar-refractivity contribution in [3.8, 4) is 0 Å². The second-order valence-corrected chi connectivity index (χ2v) is 8.06. The second-order valence-electron chi connectivity index (χ2n) is 6.33. The van der Waals surface area contributed by atoms with E-state index in [9.17, 15) is 5.11 Å². The van der Waals surface area contributed by atoms with Crippen LogP contribution >= 0.6 is 27.3 Å². The molecule has 0 aliphatic rings. The van der Waals surface area contributed by atoms with Gasteiger partial charge in [-0.05, 0) is 56.1 Å². The number of aliphatic hydroxyl groups excluding tert-OH is 1. The number of halogens is 1. The summed E-state index contributed by atoms with van der Waals surface area (Å²) in [7, 11) is 0. The van der Waals surface area contributed by atoms with Crippen LogP contribution in [0.2, 0.25) is 0 Å². The SMILES string of the molecule is CC(CC(O)c1csc2c(Br)cccc12)C(C)(C)C. The van der Waals surface area contributed by atoms with E-state index in [1.807, 2.05) is 12.1 Å². The quantitative estimate of drug-likeness (QED) is 0.751. The molecule has 2 rings (SSSR count). The van der Waals surface area contributed by atoms with Gasteiger partial charge in [-0.2, -0.15) is 0 Å². The molecule has 2 atom stereocenters. The van der Waals surface area contributed by atoms with Gasteiger partial charge in [-0.15, -0.1) is 11.3 Å². The van der Waals surface area contributed by atoms with E-state index in [-0.39, 0.29) is 11.5 Å². The fourth-order valence-corrected chi connectivity index (χ4v) is 3.78. The molecule has 0 spiro atoms. The number of hydrogen-bond acceptors (Lipinski definition) is 2. The molecule has 2 aromatic rings. The summed E-state index contributed by atoms with van der Waals surface area (Å²) in [5, 5.41) is 13.8. The predicted octanol–water partition coefficient (Wildman–Crippen LogP) is 5.77. The van der Waals surface area contributed by atoms with Crippen LogP contribution in [-0.4, -0.2) is 5.11 Å². The summed E-state index contributed by atoms with van der Waals surface area (Å²) in [5.74, 6) is 0.476. The van der Waals surface area contributed by atoms with Gasteiger partial charge in [0.15, 0.2) is 0 Å². The normalized spacial score (nSPS) is 15.7. The first-order valence-corrected chi connectivity index (χ1v) is 8.31. The molecule has 19 heavy (non-hydrogen) atoms. The van der Waals surface area contributed by atoms with Crippen molar-refractivity contribution in [2.75, 3.05) is 0 Å². The Morgan fingerprint density at radius 3 is 2.63 bits per heavy atom. The second kappa shape index (κ2) is 5.55. The molecule has 0 saturated heterocycles. The monoisotopic (exact) mass is 340 g/mol. The van der Waals surface area contributed by atoms with Crippen LogP contribution in [0.4, 0.5) is 0 Å². The Morgan fingerprint density at radius 1 is 1.32 bits per heavy atom. The minimum Gasteiger partial charge on any atom is -0.388 e. The zero-order chi connectivity index (χ0) is 14.2. The van der Waals surface area contributed by atoms with E-state index in [4.69, 9.17) is 0 Å². The minimum absolute atomic E-state index is 0.230. The highest BCUT2D eigenvalue weighted by Gasteiger charge is 2.24. The predicted molar refractivity (Wildman–Crippen MR) is 87.7 cm³/mol. The van der Waals surface area contributed by atoms with Crippen LogP contribution < -0.4 is 0 Å². The lowest BCUT2D eigenvalue weighted by atomic mass is 9.78. The molecule has 104 valence electrons. The Bertz CT molecular complexity index is 568. The summed E-state index contributed by atoms with van der Waals surface area (Å²) < 4.78 is 2.33. The molecule has 0 aliphatic heterocycles. The van der Waals surface area contributed by atoms with Gasteiger partial charge in [0, 0.05) is 9.17 Å². The van der Waals surface area contributed by atoms with E-state index in [1.165, 1.54) is 10.1 Å². The molecule has 1 aromatic heterocycles. The summed E-state index contributed by atoms with van der Waals surface area (Å²) >= 11 is 5.27. The highest BCUT2D eigenvalue weighted by molar-refractivity contribution is 9.10. The first-order chi connectivity index (χ1) is 8.80. The van der Waals surface area contributed by atoms with Crippen molar-refractivity contribution in [2.45, 2.75) is 40.2 Å². The van der Waals surface area contributed by atoms with Gasteiger partial charge in [-0.25, -0.2) is 0 Å². The van der Waals surface area contributed by atoms with E-state index in [0.717, 1.165) is 16.5 Å². The fourth-order valence-electron chi connectivity index (χ4n) is 2.12. The molecular weight excluding hydrogens is 320 g/mol. The highest BCUT2D eigenvalue weighted by atomic mass is 79.9. The number of benzene rings is 1. The lowest BCUT2D eigenvalue weighted by Crippen LogP contribution is -2.19. The third-order valence-corrected chi connectivity index (χ3v) is 5.97. The maximum Gasteiger partial charge on any atom is 0.0806 e. The fraction of sp³-hybridized carbons (Fsp3) is 0.500. The van der Waals surface area contributed by atoms with Gasteiger partial charge in [-0.1, -0.05) is 39.8 Å². The zero-order valence-electron chi connectivity index (χ0n) is 11.9. The molecule has 3 heteroatoms. The largest absolute Gasteiger partial charge is 0.388 e. The van der Waals surface area contributed by atoms with Crippen molar-refractivity contribution < 1.29 is 5.11 Å². The van der Waals surface area contributed by atoms with Crippen molar-refractivity contribution in [3.63, 3.8) is 0 Å². The third-order valence-electron chi connectivity index (χ3n) is 4.00. The van der Waals surface area contributed by atoms with Crippen LogP contribution in [0, 0.1) is 11.3 Å². The molecule has 2 unspecified atom stereocenters. The molecule has 0 saturated carbocycles. The number of hydrogen-bond donors (Lipinski definition) is 1. The number of rotatable bonds is 3. The molecule has 1 aromatic carbocycles. The van der Waals surface area contributed by atoms with Crippen molar-refractivity contribution >= 4 is 37.4 Å². The highest BCUT2D eigenvalue weighted by Crippen LogP contribution is 2.39. The van der Waals surface area contributed by atoms with Gasteiger partial charge in [0.05, 0.1) is 6.10 Å². The van der Waals surface area contributed by atoms with E-state index in [1.54, 1.807) is 11.3 Å². The molecule has 0 aliphatic carbocycles. The molecule has 0 fully saturated rings. The number of fused-ring (bicyclic) bond motifs is 1. The van der Waals surface area contributed by atoms with Crippen molar-refractivity contribution in [3.05, 3.63) is 33.6 Å². The van der Waals surface area contributed by atoms with Crippen molar-refractivity contribution in [1.82, 2.24) is 0 Å². The Kier molecular flexibility index (Phi) is 4.38. The van der Waals surface area contributed by atoms with Crippen LogP contribution in [0.5, 0.6) is 0 Å². The summed E-state index contributed by atoms with van der Waals surface area (Å²) in [4.78, 5) is 0. The summed E-state index contributed by atoms with van der Waals surface area (Å²) in [6.45, 7) is 8.90. The van der Waals surface area contributed by atoms with Gasteiger partial charge in [-0.3, -0.25) is 0 Å². The molecule has 0 radical (unpaired) electrons. The van der Waals surface area contributed by atoms with Gasteiger partial charge in [0.1, 0.15) is 0 Å². The Hall–Kier alpha value is -0.380. The van der Waals surface area contributed by atoms with Crippen LogP contribution in [0.15, 0.2) is 28.1 Å². The Morgan fingerprint density at radius 2 is 2.00 bits per heavy atom. The zero-order valence-corrected chi connectivity index (χ0v) is 14.3. The molecule has 1 nitrogen and oxygen atoms in total. The van der Waals surface area contributed by atoms with E-state index in [2.05, 4.69) is 55.1 Å². The van der Waals surface area contributed by atoms with E-state index < -0.39 is 0 Å². The smallest absolute Gasteiger partial charge is 0.0806 e. The number of aliphatic hydroxyl groups is 1. The maximum absolute atomic E-state index is 10.5. The van der Waals surface area contributed by atoms with Crippen LogP contribution in [0.25, 0.3) is 10.1 Å². The molecular formula is C16H21BrOS. The first kappa shape index (κ1) is 15.0. The Labute approximate surface area is 127 Å². The van der Waals surface area contributed by atoms with Gasteiger partial charge >= 0.3 is 0 Å². The van der Waals surface area contributed by atoms with Crippen LogP contribution in [-0.2, 0) is 0 Å². The van der Waals surface area contributed by atoms with Crippen molar-refractivity contribution in [2.24, 2.45) is 11.3 Å². The maximum atomic E-state index is 10.5. The van der Waals surface area contributed by atoms with Crippen LogP contribution in [0.1, 0.15) is 45.8 Å². The number of thiophene rings is 1. The summed E-state index contributed by atoms with van der Waals surface area (Å²) in [5.41, 5.74) is 1.30. The summed E-state index contributed by atoms with van der Waals surface area (Å²) in [6, 6.07) is 6.17. The van der Waals surface area contributed by atoms with E-state index in [0.29, 0.717) is 5.92 Å². The van der Waals surface area contributed by atoms with Gasteiger partial charge in [0.2, 0.25) is 0 Å². The average molecular weight is 341 g/mol. The molecule has 0 bridgehead atoms. The average Bonchev–Trinajstić information content (AvgIpc) is 2.72.